The van der Waals surface area contributed by atoms with Crippen molar-refractivity contribution in [3.63, 3.8) is 0 Å². The lowest BCUT2D eigenvalue weighted by Gasteiger charge is -2.64. The zero-order valence-electron chi connectivity index (χ0n) is 20.6. The molecule has 0 aromatic carbocycles. The molecule has 1 amide bonds. The molecule has 0 bridgehead atoms. The summed E-state index contributed by atoms with van der Waals surface area (Å²) in [6.07, 6.45) is 5.89. The van der Waals surface area contributed by atoms with Crippen LogP contribution in [0.5, 0.6) is 0 Å². The van der Waals surface area contributed by atoms with Crippen molar-refractivity contribution >= 4 is 11.9 Å². The molecule has 0 saturated heterocycles. The number of nitrogens with one attached hydrogen (secondary N) is 1. The minimum Gasteiger partial charge on any atom is -0.474 e. The lowest BCUT2D eigenvalue weighted by Crippen LogP contribution is -2.65. The molecular weight excluding hydrogens is 422 g/mol. The van der Waals surface area contributed by atoms with Crippen LogP contribution in [-0.4, -0.2) is 50.2 Å². The second kappa shape index (κ2) is 8.49. The Labute approximate surface area is 197 Å². The third-order valence-corrected chi connectivity index (χ3v) is 10.9. The summed E-state index contributed by atoms with van der Waals surface area (Å²) in [4.78, 5) is 22.7. The monoisotopic (exact) mass is 465 g/mol. The molecule has 33 heavy (non-hydrogen) atoms. The highest BCUT2D eigenvalue weighted by Crippen LogP contribution is 2.68. The van der Waals surface area contributed by atoms with Gasteiger partial charge in [0.1, 0.15) is 5.72 Å². The number of carbonyl (C=O) groups excluding carboxylic acids is 1. The molecule has 0 radical (unpaired) electrons. The Hall–Kier alpha value is -1.18. The first-order valence-corrected chi connectivity index (χ1v) is 13.0. The number of aliphatic carboxylic acids is 1. The molecule has 0 spiro atoms. The van der Waals surface area contributed by atoms with Gasteiger partial charge in [0.15, 0.2) is 0 Å². The van der Waals surface area contributed by atoms with E-state index in [2.05, 4.69) is 33.0 Å². The standard InChI is InChI=1S/C26H43NO6/c1-5-6-14(2)16-7-8-17-21-18(12-20(29)25(16,17)4)24(3)9-10-26(33,27-22(30)23(31)32)13-15(24)11-19(21)28/h14-21,28-29,33H,5-13H2,1-4H3,(H,27,30)(H,31,32)/t14-,15?,16-,17?,18?,19?,20+,21?,24+,25-,26-/m1/s1. The Morgan fingerprint density at radius 1 is 1.09 bits per heavy atom. The summed E-state index contributed by atoms with van der Waals surface area (Å²) in [5, 5.41) is 45.3. The molecule has 4 rings (SSSR count). The molecule has 5 N–H and O–H groups in total. The van der Waals surface area contributed by atoms with Gasteiger partial charge in [-0.3, -0.25) is 4.79 Å². The van der Waals surface area contributed by atoms with Crippen molar-refractivity contribution in [2.75, 3.05) is 0 Å². The summed E-state index contributed by atoms with van der Waals surface area (Å²) in [5.41, 5.74) is -1.91. The number of hydrogen-bond donors (Lipinski definition) is 5. The Kier molecular flexibility index (Phi) is 6.41. The van der Waals surface area contributed by atoms with E-state index in [1.54, 1.807) is 0 Å². The van der Waals surface area contributed by atoms with E-state index in [9.17, 15) is 24.9 Å². The summed E-state index contributed by atoms with van der Waals surface area (Å²) in [6.45, 7) is 9.03. The first-order valence-electron chi connectivity index (χ1n) is 13.0. The largest absolute Gasteiger partial charge is 0.474 e. The first kappa shape index (κ1) is 24.9. The third kappa shape index (κ3) is 3.82. The maximum atomic E-state index is 11.7. The van der Waals surface area contributed by atoms with Crippen LogP contribution in [0.25, 0.3) is 0 Å². The Morgan fingerprint density at radius 2 is 1.79 bits per heavy atom. The third-order valence-electron chi connectivity index (χ3n) is 10.9. The molecule has 0 aromatic heterocycles. The minimum absolute atomic E-state index is 0.0469. The van der Waals surface area contributed by atoms with E-state index < -0.39 is 29.8 Å². The van der Waals surface area contributed by atoms with Gasteiger partial charge in [-0.2, -0.15) is 0 Å². The van der Waals surface area contributed by atoms with E-state index in [0.717, 1.165) is 25.7 Å². The van der Waals surface area contributed by atoms with E-state index in [4.69, 9.17) is 5.11 Å². The average Bonchev–Trinajstić information content (AvgIpc) is 3.09. The van der Waals surface area contributed by atoms with Crippen LogP contribution in [0.4, 0.5) is 0 Å². The van der Waals surface area contributed by atoms with Crippen LogP contribution in [0.15, 0.2) is 0 Å². The summed E-state index contributed by atoms with van der Waals surface area (Å²) < 4.78 is 0. The van der Waals surface area contributed by atoms with Crippen molar-refractivity contribution in [3.8, 4) is 0 Å². The molecular formula is C26H43NO6. The molecule has 7 heteroatoms. The zero-order chi connectivity index (χ0) is 24.3. The molecule has 4 aliphatic rings. The van der Waals surface area contributed by atoms with Crippen molar-refractivity contribution < 1.29 is 30.0 Å². The van der Waals surface area contributed by atoms with Gasteiger partial charge in [-0.25, -0.2) is 4.79 Å². The second-order valence-corrected chi connectivity index (χ2v) is 12.4. The van der Waals surface area contributed by atoms with Crippen LogP contribution in [0.3, 0.4) is 0 Å². The Morgan fingerprint density at radius 3 is 2.42 bits per heavy atom. The van der Waals surface area contributed by atoms with Crippen molar-refractivity contribution in [1.29, 1.82) is 0 Å². The van der Waals surface area contributed by atoms with E-state index in [1.165, 1.54) is 0 Å². The molecule has 188 valence electrons. The fourth-order valence-corrected chi connectivity index (χ4v) is 9.18. The lowest BCUT2D eigenvalue weighted by molar-refractivity contribution is -0.218. The topological polar surface area (TPSA) is 127 Å². The quantitative estimate of drug-likeness (QED) is 0.321. The fraction of sp³-hybridized carbons (Fsp3) is 0.923. The predicted octanol–water partition coefficient (Wildman–Crippen LogP) is 2.91. The number of aliphatic hydroxyl groups is 3. The number of amides is 1. The van der Waals surface area contributed by atoms with Crippen molar-refractivity contribution in [1.82, 2.24) is 5.32 Å². The van der Waals surface area contributed by atoms with Gasteiger partial charge in [0.25, 0.3) is 0 Å². The highest BCUT2D eigenvalue weighted by atomic mass is 16.4. The van der Waals surface area contributed by atoms with E-state index in [-0.39, 0.29) is 47.3 Å². The molecule has 0 aromatic rings. The maximum absolute atomic E-state index is 11.7. The van der Waals surface area contributed by atoms with Gasteiger partial charge in [-0.15, -0.1) is 0 Å². The maximum Gasteiger partial charge on any atom is 0.394 e. The highest BCUT2D eigenvalue weighted by molar-refractivity contribution is 6.31. The fourth-order valence-electron chi connectivity index (χ4n) is 9.18. The van der Waals surface area contributed by atoms with Crippen LogP contribution in [-0.2, 0) is 9.59 Å². The van der Waals surface area contributed by atoms with Gasteiger partial charge in [0.05, 0.1) is 12.2 Å². The van der Waals surface area contributed by atoms with E-state index >= 15 is 0 Å². The smallest absolute Gasteiger partial charge is 0.394 e. The molecule has 7 nitrogen and oxygen atoms in total. The van der Waals surface area contributed by atoms with Gasteiger partial charge in [-0.1, -0.05) is 40.5 Å². The normalized spacial score (nSPS) is 50.0. The number of fused-ring (bicyclic) bond motifs is 5. The second-order valence-electron chi connectivity index (χ2n) is 12.4. The number of carbonyl (C=O) groups is 2. The van der Waals surface area contributed by atoms with Crippen LogP contribution in [0.2, 0.25) is 0 Å². The average molecular weight is 466 g/mol. The molecule has 4 saturated carbocycles. The van der Waals surface area contributed by atoms with Crippen LogP contribution >= 0.6 is 0 Å². The van der Waals surface area contributed by atoms with Crippen molar-refractivity contribution in [2.24, 2.45) is 46.3 Å². The van der Waals surface area contributed by atoms with Gasteiger partial charge in [0.2, 0.25) is 0 Å². The molecule has 11 atom stereocenters. The van der Waals surface area contributed by atoms with Gasteiger partial charge in [0, 0.05) is 0 Å². The number of aliphatic hydroxyl groups excluding tert-OH is 2. The first-order chi connectivity index (χ1) is 15.4. The summed E-state index contributed by atoms with van der Waals surface area (Å²) in [7, 11) is 0. The lowest BCUT2D eigenvalue weighted by atomic mass is 9.42. The number of rotatable bonds is 4. The SMILES string of the molecule is CCC[C@@H](C)[C@H]1CCC2C3C(O)CC4C[C@@](O)(NC(=O)C(=O)O)CC[C@]4(C)C3C[C@H](O)[C@@]21C. The van der Waals surface area contributed by atoms with Gasteiger partial charge >= 0.3 is 11.9 Å². The van der Waals surface area contributed by atoms with Crippen LogP contribution in [0, 0.1) is 46.3 Å². The Balaban J connectivity index is 1.59. The minimum atomic E-state index is -1.61. The molecule has 4 aliphatic carbocycles. The number of carboxylic acids is 1. The van der Waals surface area contributed by atoms with Gasteiger partial charge in [-0.05, 0) is 91.3 Å². The molecule has 5 unspecified atom stereocenters. The van der Waals surface area contributed by atoms with Crippen LogP contribution in [0.1, 0.15) is 85.5 Å². The summed E-state index contributed by atoms with van der Waals surface area (Å²) in [5.74, 6) is -1.25. The number of carboxylic acid groups (broad SMARTS) is 1. The Bertz CT molecular complexity index is 789. The molecule has 4 fully saturated rings. The van der Waals surface area contributed by atoms with Gasteiger partial charge < -0.3 is 25.7 Å². The predicted molar refractivity (Wildman–Crippen MR) is 123 cm³/mol. The molecule has 0 aliphatic heterocycles. The summed E-state index contributed by atoms with van der Waals surface area (Å²) >= 11 is 0. The zero-order valence-corrected chi connectivity index (χ0v) is 20.6. The molecule has 0 heterocycles. The van der Waals surface area contributed by atoms with Crippen LogP contribution < -0.4 is 5.32 Å². The summed E-state index contributed by atoms with van der Waals surface area (Å²) in [6, 6.07) is 0. The number of hydrogen-bond acceptors (Lipinski definition) is 5. The van der Waals surface area contributed by atoms with E-state index in [1.807, 2.05) is 0 Å². The van der Waals surface area contributed by atoms with E-state index in [0.29, 0.717) is 31.1 Å². The van der Waals surface area contributed by atoms with Crippen molar-refractivity contribution in [3.05, 3.63) is 0 Å². The highest BCUT2D eigenvalue weighted by Gasteiger charge is 2.66. The van der Waals surface area contributed by atoms with Crippen molar-refractivity contribution in [2.45, 2.75) is 103 Å².